The lowest BCUT2D eigenvalue weighted by atomic mass is 10.1. The van der Waals surface area contributed by atoms with E-state index in [0.717, 1.165) is 22.7 Å². The number of rotatable bonds is 3. The highest BCUT2D eigenvalue weighted by Gasteiger charge is 2.22. The number of halogens is 1. The molecule has 5 heteroatoms. The highest BCUT2D eigenvalue weighted by atomic mass is 35.5. The van der Waals surface area contributed by atoms with E-state index in [-0.39, 0.29) is 0 Å². The summed E-state index contributed by atoms with van der Waals surface area (Å²) in [6.07, 6.45) is 1.42. The SMILES string of the molecule is Cc1ccc(CNC2CCS(=O)(=O)CC2)cc1Cl. The molecule has 0 saturated carbocycles. The Morgan fingerprint density at radius 3 is 2.61 bits per heavy atom. The van der Waals surface area contributed by atoms with Crippen LogP contribution in [0.4, 0.5) is 0 Å². The van der Waals surface area contributed by atoms with Crippen LogP contribution in [0.2, 0.25) is 5.02 Å². The van der Waals surface area contributed by atoms with Gasteiger partial charge in [-0.15, -0.1) is 0 Å². The van der Waals surface area contributed by atoms with Crippen LogP contribution in [0.3, 0.4) is 0 Å². The lowest BCUT2D eigenvalue weighted by molar-refractivity contribution is 0.463. The number of sulfone groups is 1. The van der Waals surface area contributed by atoms with Crippen LogP contribution in [0.15, 0.2) is 18.2 Å². The Balaban J connectivity index is 1.87. The maximum atomic E-state index is 11.3. The number of aryl methyl sites for hydroxylation is 1. The third-order valence-electron chi connectivity index (χ3n) is 3.39. The molecule has 1 aromatic carbocycles. The van der Waals surface area contributed by atoms with Crippen molar-refractivity contribution in [2.24, 2.45) is 0 Å². The van der Waals surface area contributed by atoms with E-state index < -0.39 is 9.84 Å². The monoisotopic (exact) mass is 287 g/mol. The number of hydrogen-bond acceptors (Lipinski definition) is 3. The van der Waals surface area contributed by atoms with E-state index >= 15 is 0 Å². The third-order valence-corrected chi connectivity index (χ3v) is 5.51. The van der Waals surface area contributed by atoms with Crippen LogP contribution in [0.1, 0.15) is 24.0 Å². The smallest absolute Gasteiger partial charge is 0.150 e. The zero-order valence-corrected chi connectivity index (χ0v) is 12.0. The molecule has 0 unspecified atom stereocenters. The molecule has 1 aliphatic rings. The Morgan fingerprint density at radius 2 is 2.00 bits per heavy atom. The van der Waals surface area contributed by atoms with Crippen LogP contribution in [0.5, 0.6) is 0 Å². The summed E-state index contributed by atoms with van der Waals surface area (Å²) in [7, 11) is -2.77. The average molecular weight is 288 g/mol. The highest BCUT2D eigenvalue weighted by molar-refractivity contribution is 7.91. The summed E-state index contributed by atoms with van der Waals surface area (Å²) in [4.78, 5) is 0. The van der Waals surface area contributed by atoms with Gasteiger partial charge in [0.05, 0.1) is 11.5 Å². The van der Waals surface area contributed by atoms with Crippen molar-refractivity contribution in [2.45, 2.75) is 32.4 Å². The van der Waals surface area contributed by atoms with Gasteiger partial charge in [0.2, 0.25) is 0 Å². The molecular weight excluding hydrogens is 270 g/mol. The van der Waals surface area contributed by atoms with Gasteiger partial charge >= 0.3 is 0 Å². The van der Waals surface area contributed by atoms with Crippen LogP contribution < -0.4 is 5.32 Å². The molecule has 1 fully saturated rings. The molecule has 0 spiro atoms. The summed E-state index contributed by atoms with van der Waals surface area (Å²) in [5.41, 5.74) is 2.21. The Hall–Kier alpha value is -0.580. The normalized spacial score (nSPS) is 19.9. The van der Waals surface area contributed by atoms with Gasteiger partial charge < -0.3 is 5.32 Å². The molecule has 0 radical (unpaired) electrons. The van der Waals surface area contributed by atoms with Gasteiger partial charge in [-0.25, -0.2) is 8.42 Å². The molecule has 0 amide bonds. The Bertz CT molecular complexity index is 514. The number of nitrogens with one attached hydrogen (secondary N) is 1. The lowest BCUT2D eigenvalue weighted by Gasteiger charge is -2.23. The van der Waals surface area contributed by atoms with E-state index in [1.807, 2.05) is 25.1 Å². The first-order valence-electron chi connectivity index (χ1n) is 6.15. The second-order valence-electron chi connectivity index (χ2n) is 4.89. The molecule has 3 nitrogen and oxygen atoms in total. The van der Waals surface area contributed by atoms with Crippen LogP contribution in [0.25, 0.3) is 0 Å². The second kappa shape index (κ2) is 5.59. The summed E-state index contributed by atoms with van der Waals surface area (Å²) < 4.78 is 22.6. The molecule has 1 aromatic rings. The van der Waals surface area contributed by atoms with Gasteiger partial charge in [0.15, 0.2) is 0 Å². The van der Waals surface area contributed by atoms with Crippen molar-refractivity contribution < 1.29 is 8.42 Å². The fraction of sp³-hybridized carbons (Fsp3) is 0.538. The minimum atomic E-state index is -2.77. The molecule has 0 aliphatic carbocycles. The van der Waals surface area contributed by atoms with Crippen molar-refractivity contribution in [3.63, 3.8) is 0 Å². The Kier molecular flexibility index (Phi) is 4.30. The van der Waals surface area contributed by atoms with Gasteiger partial charge in [-0.2, -0.15) is 0 Å². The van der Waals surface area contributed by atoms with Crippen molar-refractivity contribution in [1.82, 2.24) is 5.32 Å². The topological polar surface area (TPSA) is 46.2 Å². The zero-order chi connectivity index (χ0) is 13.2. The molecule has 18 heavy (non-hydrogen) atoms. The summed E-state index contributed by atoms with van der Waals surface area (Å²) in [5.74, 6) is 0.610. The molecule has 1 heterocycles. The van der Waals surface area contributed by atoms with E-state index in [1.165, 1.54) is 0 Å². The fourth-order valence-corrected chi connectivity index (χ4v) is 3.80. The molecule has 1 aliphatic heterocycles. The van der Waals surface area contributed by atoms with Crippen molar-refractivity contribution in [3.05, 3.63) is 34.3 Å². The molecule has 1 saturated heterocycles. The largest absolute Gasteiger partial charge is 0.310 e. The third kappa shape index (κ3) is 3.70. The minimum Gasteiger partial charge on any atom is -0.310 e. The molecule has 100 valence electrons. The van der Waals surface area contributed by atoms with E-state index in [4.69, 9.17) is 11.6 Å². The molecule has 0 atom stereocenters. The first-order chi connectivity index (χ1) is 8.46. The zero-order valence-electron chi connectivity index (χ0n) is 10.4. The van der Waals surface area contributed by atoms with E-state index in [9.17, 15) is 8.42 Å². The molecule has 0 aromatic heterocycles. The fourth-order valence-electron chi connectivity index (χ4n) is 2.10. The van der Waals surface area contributed by atoms with Gasteiger partial charge in [0.25, 0.3) is 0 Å². The van der Waals surface area contributed by atoms with E-state index in [0.29, 0.717) is 30.4 Å². The molecular formula is C13H18ClNO2S. The van der Waals surface area contributed by atoms with Crippen LogP contribution in [-0.4, -0.2) is 26.0 Å². The van der Waals surface area contributed by atoms with Crippen LogP contribution >= 0.6 is 11.6 Å². The van der Waals surface area contributed by atoms with Gasteiger partial charge in [0.1, 0.15) is 9.84 Å². The van der Waals surface area contributed by atoms with Crippen molar-refractivity contribution in [3.8, 4) is 0 Å². The quantitative estimate of drug-likeness (QED) is 0.928. The van der Waals surface area contributed by atoms with Crippen molar-refractivity contribution >= 4 is 21.4 Å². The van der Waals surface area contributed by atoms with Gasteiger partial charge in [-0.05, 0) is 37.0 Å². The molecule has 1 N–H and O–H groups in total. The number of hydrogen-bond donors (Lipinski definition) is 1. The lowest BCUT2D eigenvalue weighted by Crippen LogP contribution is -2.37. The van der Waals surface area contributed by atoms with E-state index in [2.05, 4.69) is 5.32 Å². The first-order valence-corrected chi connectivity index (χ1v) is 8.35. The van der Waals surface area contributed by atoms with Gasteiger partial charge in [0, 0.05) is 17.6 Å². The predicted octanol–water partition coefficient (Wildman–Crippen LogP) is 2.32. The maximum absolute atomic E-state index is 11.3. The Morgan fingerprint density at radius 1 is 1.33 bits per heavy atom. The summed E-state index contributed by atoms with van der Waals surface area (Å²) in [5, 5.41) is 4.18. The first kappa shape index (κ1) is 13.8. The van der Waals surface area contributed by atoms with Crippen LogP contribution in [-0.2, 0) is 16.4 Å². The second-order valence-corrected chi connectivity index (χ2v) is 7.60. The highest BCUT2D eigenvalue weighted by Crippen LogP contribution is 2.17. The summed E-state index contributed by atoms with van der Waals surface area (Å²) >= 11 is 6.07. The minimum absolute atomic E-state index is 0.300. The Labute approximate surface area is 113 Å². The van der Waals surface area contributed by atoms with E-state index in [1.54, 1.807) is 0 Å². The predicted molar refractivity (Wildman–Crippen MR) is 74.7 cm³/mol. The number of benzene rings is 1. The molecule has 0 bridgehead atoms. The summed E-state index contributed by atoms with van der Waals surface area (Å²) in [6, 6.07) is 6.32. The summed E-state index contributed by atoms with van der Waals surface area (Å²) in [6.45, 7) is 2.72. The average Bonchev–Trinajstić information content (AvgIpc) is 2.32. The van der Waals surface area contributed by atoms with Crippen molar-refractivity contribution in [1.29, 1.82) is 0 Å². The van der Waals surface area contributed by atoms with Gasteiger partial charge in [-0.1, -0.05) is 23.7 Å². The van der Waals surface area contributed by atoms with Crippen LogP contribution in [0, 0.1) is 6.92 Å². The molecule has 2 rings (SSSR count). The van der Waals surface area contributed by atoms with Crippen molar-refractivity contribution in [2.75, 3.05) is 11.5 Å². The standard InChI is InChI=1S/C13H18ClNO2S/c1-10-2-3-11(8-13(10)14)9-15-12-4-6-18(16,17)7-5-12/h2-3,8,12,15H,4-7,9H2,1H3. The van der Waals surface area contributed by atoms with Gasteiger partial charge in [-0.3, -0.25) is 0 Å². The maximum Gasteiger partial charge on any atom is 0.150 e.